The Balaban J connectivity index is 2.34. The molecule has 1 saturated heterocycles. The second-order valence-corrected chi connectivity index (χ2v) is 10.9. The van der Waals surface area contributed by atoms with Crippen LogP contribution in [0.1, 0.15) is 49.9 Å². The summed E-state index contributed by atoms with van der Waals surface area (Å²) < 4.78 is 11.4. The van der Waals surface area contributed by atoms with Crippen molar-refractivity contribution in [2.45, 2.75) is 50.2 Å². The van der Waals surface area contributed by atoms with Crippen LogP contribution >= 0.6 is 39.5 Å². The van der Waals surface area contributed by atoms with Gasteiger partial charge in [0.25, 0.3) is 11.6 Å². The van der Waals surface area contributed by atoms with Crippen LogP contribution in [0, 0.1) is 10.1 Å². The molecule has 2 rings (SSSR count). The summed E-state index contributed by atoms with van der Waals surface area (Å²) >= 11 is 7.04. The number of methoxy groups -OCH3 is 1. The maximum atomic E-state index is 13.5. The maximum Gasteiger partial charge on any atom is 0.286 e. The summed E-state index contributed by atoms with van der Waals surface area (Å²) in [5.74, 6) is 2.25. The molecule has 0 aliphatic carbocycles. The average molecular weight is 536 g/mol. The number of ether oxygens (including phenoxy) is 2. The lowest BCUT2D eigenvalue weighted by Crippen LogP contribution is -2.41. The molecule has 10 heteroatoms. The van der Waals surface area contributed by atoms with Crippen LogP contribution in [0.2, 0.25) is 0 Å². The van der Waals surface area contributed by atoms with Crippen LogP contribution in [0.15, 0.2) is 12.1 Å². The van der Waals surface area contributed by atoms with Gasteiger partial charge in [0.2, 0.25) is 0 Å². The Kier molecular flexibility index (Phi) is 11.3. The van der Waals surface area contributed by atoms with E-state index in [1.807, 2.05) is 28.4 Å². The Bertz CT molecular complexity index is 747. The molecule has 0 spiro atoms. The van der Waals surface area contributed by atoms with Crippen molar-refractivity contribution in [3.05, 3.63) is 27.8 Å². The van der Waals surface area contributed by atoms with Gasteiger partial charge in [-0.1, -0.05) is 29.8 Å². The first-order valence-corrected chi connectivity index (χ1v) is 13.8. The molecule has 1 aliphatic rings. The molecule has 7 nitrogen and oxygen atoms in total. The van der Waals surface area contributed by atoms with Gasteiger partial charge in [-0.05, 0) is 37.2 Å². The van der Waals surface area contributed by atoms with Crippen LogP contribution in [0.3, 0.4) is 0 Å². The van der Waals surface area contributed by atoms with Crippen molar-refractivity contribution in [3.63, 3.8) is 0 Å². The predicted molar refractivity (Wildman–Crippen MR) is 132 cm³/mol. The van der Waals surface area contributed by atoms with Gasteiger partial charge < -0.3 is 14.4 Å². The van der Waals surface area contributed by atoms with E-state index in [-0.39, 0.29) is 27.8 Å². The molecular formula is C21H31BrN2O5S2. The van der Waals surface area contributed by atoms with Crippen molar-refractivity contribution >= 4 is 51.0 Å². The Morgan fingerprint density at radius 1 is 1.29 bits per heavy atom. The zero-order valence-corrected chi connectivity index (χ0v) is 21.5. The van der Waals surface area contributed by atoms with Crippen LogP contribution in [0.5, 0.6) is 11.5 Å². The van der Waals surface area contributed by atoms with Gasteiger partial charge in [0.05, 0.1) is 35.3 Å². The number of rotatable bonds is 13. The number of carbonyl (C=O) groups is 1. The van der Waals surface area contributed by atoms with Gasteiger partial charge in [0.1, 0.15) is 5.56 Å². The molecule has 1 aliphatic heterocycles. The lowest BCUT2D eigenvalue weighted by atomic mass is 10.1. The molecular weight excluding hydrogens is 504 g/mol. The number of nitro benzene ring substituents is 1. The summed E-state index contributed by atoms with van der Waals surface area (Å²) in [7, 11) is 1.48. The third-order valence-corrected chi connectivity index (χ3v) is 8.36. The third kappa shape index (κ3) is 6.92. The van der Waals surface area contributed by atoms with E-state index in [9.17, 15) is 14.9 Å². The van der Waals surface area contributed by atoms with E-state index in [0.717, 1.165) is 42.5 Å². The highest BCUT2D eigenvalue weighted by Crippen LogP contribution is 2.39. The molecule has 0 N–H and O–H groups in total. The van der Waals surface area contributed by atoms with Gasteiger partial charge in [-0.2, -0.15) is 0 Å². The minimum atomic E-state index is -0.512. The lowest BCUT2D eigenvalue weighted by Gasteiger charge is -2.31. The monoisotopic (exact) mass is 534 g/mol. The molecule has 0 saturated carbocycles. The summed E-state index contributed by atoms with van der Waals surface area (Å²) in [5.41, 5.74) is -0.182. The van der Waals surface area contributed by atoms with Crippen molar-refractivity contribution in [1.82, 2.24) is 4.90 Å². The second kappa shape index (κ2) is 13.4. The molecule has 1 heterocycles. The summed E-state index contributed by atoms with van der Waals surface area (Å²) in [6.45, 7) is 5.26. The number of carbonyl (C=O) groups excluding carboxylic acids is 1. The van der Waals surface area contributed by atoms with Crippen molar-refractivity contribution in [1.29, 1.82) is 0 Å². The zero-order chi connectivity index (χ0) is 22.8. The highest BCUT2D eigenvalue weighted by molar-refractivity contribution is 9.09. The number of nitrogens with zero attached hydrogens (tertiary/aromatic N) is 2. The standard InChI is InChI=1S/C21H31BrN2O5S2/c1-4-30-21(31-5-2)16-9-8-11-23(16)20(25)15-13-18(28-3)19(14-17(15)24(26)27)29-12-7-6-10-22/h13-14,16,21H,4-12H2,1-3H3/t16-/m1/s1. The molecule has 0 aromatic heterocycles. The Labute approximate surface area is 201 Å². The number of thioether (sulfide) groups is 2. The summed E-state index contributed by atoms with van der Waals surface area (Å²) in [6, 6.07) is 2.85. The molecule has 0 bridgehead atoms. The average Bonchev–Trinajstić information content (AvgIpc) is 3.25. The molecule has 1 fully saturated rings. The molecule has 1 aromatic carbocycles. The maximum absolute atomic E-state index is 13.5. The van der Waals surface area contributed by atoms with Crippen molar-refractivity contribution in [3.8, 4) is 11.5 Å². The minimum Gasteiger partial charge on any atom is -0.493 e. The van der Waals surface area contributed by atoms with Crippen LogP contribution < -0.4 is 9.47 Å². The fourth-order valence-corrected chi connectivity index (χ4v) is 6.87. The summed E-state index contributed by atoms with van der Waals surface area (Å²) in [5, 5.41) is 12.7. The molecule has 1 amide bonds. The largest absolute Gasteiger partial charge is 0.493 e. The first kappa shape index (κ1) is 26.1. The molecule has 0 radical (unpaired) electrons. The van der Waals surface area contributed by atoms with Crippen LogP contribution in [0.25, 0.3) is 0 Å². The fourth-order valence-electron chi connectivity index (χ4n) is 3.60. The lowest BCUT2D eigenvalue weighted by molar-refractivity contribution is -0.385. The van der Waals surface area contributed by atoms with Gasteiger partial charge in [0.15, 0.2) is 11.5 Å². The van der Waals surface area contributed by atoms with Gasteiger partial charge in [-0.3, -0.25) is 14.9 Å². The van der Waals surface area contributed by atoms with E-state index in [1.54, 1.807) is 0 Å². The highest BCUT2D eigenvalue weighted by atomic mass is 79.9. The first-order chi connectivity index (χ1) is 15.0. The van der Waals surface area contributed by atoms with Gasteiger partial charge in [0, 0.05) is 17.9 Å². The number of halogens is 1. The number of hydrogen-bond acceptors (Lipinski definition) is 7. The van der Waals surface area contributed by atoms with Crippen molar-refractivity contribution in [2.75, 3.05) is 37.1 Å². The smallest absolute Gasteiger partial charge is 0.286 e. The van der Waals surface area contributed by atoms with Gasteiger partial charge in [-0.25, -0.2) is 0 Å². The number of likely N-dealkylation sites (tertiary alicyclic amines) is 1. The second-order valence-electron chi connectivity index (χ2n) is 7.01. The Morgan fingerprint density at radius 2 is 2.00 bits per heavy atom. The van der Waals surface area contributed by atoms with Crippen LogP contribution in [0.4, 0.5) is 5.69 Å². The van der Waals surface area contributed by atoms with Crippen molar-refractivity contribution < 1.29 is 19.2 Å². The molecule has 174 valence electrons. The number of benzene rings is 1. The quantitative estimate of drug-likeness (QED) is 0.107. The first-order valence-electron chi connectivity index (χ1n) is 10.6. The number of nitro groups is 1. The molecule has 1 atom stereocenters. The van der Waals surface area contributed by atoms with Gasteiger partial charge >= 0.3 is 0 Å². The number of unbranched alkanes of at least 4 members (excludes halogenated alkanes) is 1. The summed E-state index contributed by atoms with van der Waals surface area (Å²) in [4.78, 5) is 26.6. The Morgan fingerprint density at radius 3 is 2.58 bits per heavy atom. The van der Waals surface area contributed by atoms with Gasteiger partial charge in [-0.15, -0.1) is 23.5 Å². The number of amides is 1. The zero-order valence-electron chi connectivity index (χ0n) is 18.3. The number of hydrogen-bond donors (Lipinski definition) is 0. The van der Waals surface area contributed by atoms with Crippen molar-refractivity contribution in [2.24, 2.45) is 0 Å². The minimum absolute atomic E-state index is 0.0586. The Hall–Kier alpha value is -1.13. The van der Waals surface area contributed by atoms with E-state index < -0.39 is 4.92 Å². The predicted octanol–water partition coefficient (Wildman–Crippen LogP) is 5.59. The van der Waals surface area contributed by atoms with E-state index in [1.165, 1.54) is 19.2 Å². The van der Waals surface area contributed by atoms with E-state index >= 15 is 0 Å². The highest BCUT2D eigenvalue weighted by Gasteiger charge is 2.38. The van der Waals surface area contributed by atoms with E-state index in [2.05, 4.69) is 29.8 Å². The molecule has 1 aromatic rings. The van der Waals surface area contributed by atoms with E-state index in [4.69, 9.17) is 9.47 Å². The normalized spacial score (nSPS) is 16.0. The summed E-state index contributed by atoms with van der Waals surface area (Å²) in [6.07, 6.45) is 3.56. The molecule has 31 heavy (non-hydrogen) atoms. The van der Waals surface area contributed by atoms with E-state index in [0.29, 0.717) is 24.7 Å². The van der Waals surface area contributed by atoms with Crippen LogP contribution in [-0.4, -0.2) is 63.5 Å². The fraction of sp³-hybridized carbons (Fsp3) is 0.667. The topological polar surface area (TPSA) is 81.9 Å². The third-order valence-electron chi connectivity index (χ3n) is 5.03. The van der Waals surface area contributed by atoms with Crippen LogP contribution in [-0.2, 0) is 0 Å². The molecule has 0 unspecified atom stereocenters. The number of alkyl halides is 1. The SMILES string of the molecule is CCSC(SCC)[C@H]1CCCN1C(=O)c1cc(OC)c(OCCCCBr)cc1[N+](=O)[O-].